The van der Waals surface area contributed by atoms with E-state index in [-0.39, 0.29) is 5.91 Å². The SMILES string of the molecule is COc1ccc(Br)cc1CN(C)C(=O)CCCCc1nc2ccccc2s1. The van der Waals surface area contributed by atoms with Crippen molar-refractivity contribution in [3.05, 3.63) is 57.5 Å². The standard InChI is InChI=1S/C21H23BrN2O2S/c1-24(14-15-13-16(22)11-12-18(15)26-2)21(25)10-6-5-9-20-23-17-7-3-4-8-19(17)27-20/h3-4,7-8,11-13H,5-6,9-10,14H2,1-2H3. The normalized spacial score (nSPS) is 10.9. The Morgan fingerprint density at radius 1 is 1.22 bits per heavy atom. The number of hydrogen-bond donors (Lipinski definition) is 0. The van der Waals surface area contributed by atoms with Crippen molar-refractivity contribution in [1.29, 1.82) is 0 Å². The fourth-order valence-electron chi connectivity index (χ4n) is 2.98. The average Bonchev–Trinajstić information content (AvgIpc) is 3.08. The van der Waals surface area contributed by atoms with Gasteiger partial charge in [-0.15, -0.1) is 11.3 Å². The van der Waals surface area contributed by atoms with Crippen LogP contribution in [0.3, 0.4) is 0 Å². The van der Waals surface area contributed by atoms with Crippen molar-refractivity contribution in [2.24, 2.45) is 0 Å². The lowest BCUT2D eigenvalue weighted by Crippen LogP contribution is -2.26. The van der Waals surface area contributed by atoms with Gasteiger partial charge in [0, 0.05) is 30.0 Å². The molecule has 0 saturated carbocycles. The highest BCUT2D eigenvalue weighted by Gasteiger charge is 2.12. The molecule has 2 aromatic carbocycles. The van der Waals surface area contributed by atoms with Crippen molar-refractivity contribution in [3.63, 3.8) is 0 Å². The molecule has 3 aromatic rings. The van der Waals surface area contributed by atoms with Crippen molar-refractivity contribution in [2.75, 3.05) is 14.2 Å². The molecule has 0 saturated heterocycles. The molecular formula is C21H23BrN2O2S. The van der Waals surface area contributed by atoms with E-state index in [4.69, 9.17) is 4.74 Å². The molecule has 0 aliphatic heterocycles. The van der Waals surface area contributed by atoms with E-state index in [1.807, 2.05) is 43.4 Å². The fraction of sp³-hybridized carbons (Fsp3) is 0.333. The van der Waals surface area contributed by atoms with Crippen LogP contribution in [0.25, 0.3) is 10.2 Å². The Labute approximate surface area is 172 Å². The number of benzene rings is 2. The monoisotopic (exact) mass is 446 g/mol. The number of amides is 1. The van der Waals surface area contributed by atoms with Gasteiger partial charge in [-0.25, -0.2) is 4.98 Å². The van der Waals surface area contributed by atoms with Crippen molar-refractivity contribution < 1.29 is 9.53 Å². The summed E-state index contributed by atoms with van der Waals surface area (Å²) in [5.74, 6) is 0.954. The van der Waals surface area contributed by atoms with E-state index in [9.17, 15) is 4.79 Å². The summed E-state index contributed by atoms with van der Waals surface area (Å²) in [7, 11) is 3.49. The molecule has 1 aromatic heterocycles. The first-order valence-corrected chi connectivity index (χ1v) is 10.6. The van der Waals surface area contributed by atoms with Crippen LogP contribution in [-0.4, -0.2) is 29.9 Å². The van der Waals surface area contributed by atoms with Crippen molar-refractivity contribution in [2.45, 2.75) is 32.2 Å². The minimum absolute atomic E-state index is 0.154. The molecule has 0 fully saturated rings. The number of hydrogen-bond acceptors (Lipinski definition) is 4. The maximum atomic E-state index is 12.4. The summed E-state index contributed by atoms with van der Waals surface area (Å²) in [6, 6.07) is 14.0. The molecule has 142 valence electrons. The first kappa shape index (κ1) is 19.8. The molecule has 0 N–H and O–H groups in total. The molecule has 0 aliphatic rings. The van der Waals surface area contributed by atoms with Gasteiger partial charge in [-0.05, 0) is 49.6 Å². The minimum Gasteiger partial charge on any atom is -0.496 e. The van der Waals surface area contributed by atoms with Gasteiger partial charge in [-0.3, -0.25) is 4.79 Å². The van der Waals surface area contributed by atoms with Crippen LogP contribution in [0.4, 0.5) is 0 Å². The third-order valence-electron chi connectivity index (χ3n) is 4.45. The molecule has 4 nitrogen and oxygen atoms in total. The number of nitrogens with zero attached hydrogens (tertiary/aromatic N) is 2. The molecule has 0 bridgehead atoms. The molecule has 0 unspecified atom stereocenters. The van der Waals surface area contributed by atoms with Crippen LogP contribution in [0, 0.1) is 0 Å². The molecule has 1 amide bonds. The third kappa shape index (κ3) is 5.30. The van der Waals surface area contributed by atoms with Gasteiger partial charge in [0.2, 0.25) is 5.91 Å². The van der Waals surface area contributed by atoms with E-state index in [0.29, 0.717) is 13.0 Å². The molecule has 27 heavy (non-hydrogen) atoms. The quantitative estimate of drug-likeness (QED) is 0.432. The maximum absolute atomic E-state index is 12.4. The number of methoxy groups -OCH3 is 1. The van der Waals surface area contributed by atoms with Crippen LogP contribution in [0.15, 0.2) is 46.9 Å². The Morgan fingerprint density at radius 2 is 2.04 bits per heavy atom. The van der Waals surface area contributed by atoms with Gasteiger partial charge in [0.1, 0.15) is 5.75 Å². The first-order chi connectivity index (χ1) is 13.1. The van der Waals surface area contributed by atoms with Gasteiger partial charge in [-0.2, -0.15) is 0 Å². The molecular weight excluding hydrogens is 424 g/mol. The van der Waals surface area contributed by atoms with Crippen molar-refractivity contribution in [3.8, 4) is 5.75 Å². The zero-order valence-corrected chi connectivity index (χ0v) is 18.0. The topological polar surface area (TPSA) is 42.4 Å². The average molecular weight is 447 g/mol. The second-order valence-electron chi connectivity index (χ2n) is 6.49. The van der Waals surface area contributed by atoms with E-state index in [0.717, 1.165) is 45.6 Å². The highest BCUT2D eigenvalue weighted by Crippen LogP contribution is 2.25. The maximum Gasteiger partial charge on any atom is 0.222 e. The van der Waals surface area contributed by atoms with Crippen LogP contribution >= 0.6 is 27.3 Å². The molecule has 1 heterocycles. The number of ether oxygens (including phenoxy) is 1. The number of carbonyl (C=O) groups excluding carboxylic acids is 1. The van der Waals surface area contributed by atoms with E-state index >= 15 is 0 Å². The van der Waals surface area contributed by atoms with Crippen molar-refractivity contribution in [1.82, 2.24) is 9.88 Å². The highest BCUT2D eigenvalue weighted by atomic mass is 79.9. The molecule has 0 radical (unpaired) electrons. The lowest BCUT2D eigenvalue weighted by atomic mass is 10.1. The largest absolute Gasteiger partial charge is 0.496 e. The zero-order valence-electron chi connectivity index (χ0n) is 15.6. The lowest BCUT2D eigenvalue weighted by molar-refractivity contribution is -0.130. The van der Waals surface area contributed by atoms with Gasteiger partial charge in [0.05, 0.1) is 22.3 Å². The number of aryl methyl sites for hydroxylation is 1. The van der Waals surface area contributed by atoms with Crippen LogP contribution in [0.2, 0.25) is 0 Å². The number of thiazole rings is 1. The van der Waals surface area contributed by atoms with E-state index in [1.54, 1.807) is 23.3 Å². The molecule has 0 spiro atoms. The molecule has 6 heteroatoms. The fourth-order valence-corrected chi connectivity index (χ4v) is 4.40. The number of aromatic nitrogens is 1. The second kappa shape index (κ2) is 9.33. The Kier molecular flexibility index (Phi) is 6.85. The Bertz CT molecular complexity index is 892. The predicted octanol–water partition coefficient (Wildman–Crippen LogP) is 5.44. The Hall–Kier alpha value is -1.92. The summed E-state index contributed by atoms with van der Waals surface area (Å²) in [4.78, 5) is 18.9. The summed E-state index contributed by atoms with van der Waals surface area (Å²) >= 11 is 5.22. The summed E-state index contributed by atoms with van der Waals surface area (Å²) in [6.45, 7) is 0.541. The van der Waals surface area contributed by atoms with Crippen LogP contribution in [-0.2, 0) is 17.8 Å². The van der Waals surface area contributed by atoms with E-state index in [2.05, 4.69) is 27.0 Å². The lowest BCUT2D eigenvalue weighted by Gasteiger charge is -2.19. The molecule has 0 aliphatic carbocycles. The number of fused-ring (bicyclic) bond motifs is 1. The van der Waals surface area contributed by atoms with E-state index in [1.165, 1.54) is 4.70 Å². The number of rotatable bonds is 8. The van der Waals surface area contributed by atoms with Crippen LogP contribution in [0.1, 0.15) is 29.8 Å². The van der Waals surface area contributed by atoms with Crippen LogP contribution in [0.5, 0.6) is 5.75 Å². The summed E-state index contributed by atoms with van der Waals surface area (Å²) in [5, 5.41) is 1.15. The van der Waals surface area contributed by atoms with Gasteiger partial charge in [-0.1, -0.05) is 28.1 Å². The summed E-state index contributed by atoms with van der Waals surface area (Å²) < 4.78 is 7.60. The summed E-state index contributed by atoms with van der Waals surface area (Å²) in [6.07, 6.45) is 3.32. The number of carbonyl (C=O) groups is 1. The minimum atomic E-state index is 0.154. The first-order valence-electron chi connectivity index (χ1n) is 8.97. The Balaban J connectivity index is 1.46. The van der Waals surface area contributed by atoms with E-state index < -0.39 is 0 Å². The second-order valence-corrected chi connectivity index (χ2v) is 8.52. The Morgan fingerprint density at radius 3 is 2.81 bits per heavy atom. The number of unbranched alkanes of at least 4 members (excludes halogenated alkanes) is 1. The third-order valence-corrected chi connectivity index (χ3v) is 6.03. The van der Waals surface area contributed by atoms with Gasteiger partial charge < -0.3 is 9.64 Å². The van der Waals surface area contributed by atoms with Crippen LogP contribution < -0.4 is 4.74 Å². The number of para-hydroxylation sites is 1. The van der Waals surface area contributed by atoms with Gasteiger partial charge >= 0.3 is 0 Å². The number of halogens is 1. The molecule has 0 atom stereocenters. The summed E-state index contributed by atoms with van der Waals surface area (Å²) in [5.41, 5.74) is 2.06. The van der Waals surface area contributed by atoms with Gasteiger partial charge in [0.15, 0.2) is 0 Å². The molecule has 3 rings (SSSR count). The van der Waals surface area contributed by atoms with Crippen molar-refractivity contribution >= 4 is 43.4 Å². The van der Waals surface area contributed by atoms with Gasteiger partial charge in [0.25, 0.3) is 0 Å². The smallest absolute Gasteiger partial charge is 0.222 e. The highest BCUT2D eigenvalue weighted by molar-refractivity contribution is 9.10. The zero-order chi connectivity index (χ0) is 19.2. The predicted molar refractivity (Wildman–Crippen MR) is 114 cm³/mol.